The van der Waals surface area contributed by atoms with Gasteiger partial charge >= 0.3 is 5.97 Å². The Morgan fingerprint density at radius 1 is 1.20 bits per heavy atom. The van der Waals surface area contributed by atoms with Crippen LogP contribution >= 0.6 is 0 Å². The third-order valence-electron chi connectivity index (χ3n) is 3.01. The number of ether oxygens (including phenoxy) is 1. The molecule has 1 saturated carbocycles. The Labute approximate surface area is 91.2 Å². The molecule has 0 radical (unpaired) electrons. The molecule has 0 N–H and O–H groups in total. The molecule has 0 atom stereocenters. The SMILES string of the molecule is CC(=O)CC(=O)OCC1CCC(C)CC1. The lowest BCUT2D eigenvalue weighted by Gasteiger charge is -2.25. The number of carbonyl (C=O) groups excluding carboxylic acids is 2. The smallest absolute Gasteiger partial charge is 0.313 e. The molecule has 15 heavy (non-hydrogen) atoms. The van der Waals surface area contributed by atoms with E-state index in [0.717, 1.165) is 18.8 Å². The first-order valence-electron chi connectivity index (χ1n) is 5.73. The zero-order chi connectivity index (χ0) is 11.3. The molecule has 0 amide bonds. The van der Waals surface area contributed by atoms with Crippen molar-refractivity contribution in [2.24, 2.45) is 11.8 Å². The lowest BCUT2D eigenvalue weighted by atomic mass is 9.83. The summed E-state index contributed by atoms with van der Waals surface area (Å²) >= 11 is 0. The highest BCUT2D eigenvalue weighted by molar-refractivity contribution is 5.94. The molecule has 1 aliphatic rings. The van der Waals surface area contributed by atoms with Crippen LogP contribution in [0.25, 0.3) is 0 Å². The average molecular weight is 212 g/mol. The maximum atomic E-state index is 11.1. The van der Waals surface area contributed by atoms with Crippen molar-refractivity contribution in [1.82, 2.24) is 0 Å². The Morgan fingerprint density at radius 2 is 1.80 bits per heavy atom. The van der Waals surface area contributed by atoms with Crippen molar-refractivity contribution in [3.8, 4) is 0 Å². The summed E-state index contributed by atoms with van der Waals surface area (Å²) in [5.41, 5.74) is 0. The van der Waals surface area contributed by atoms with E-state index >= 15 is 0 Å². The summed E-state index contributed by atoms with van der Waals surface area (Å²) in [5.74, 6) is 0.824. The van der Waals surface area contributed by atoms with Gasteiger partial charge in [0.05, 0.1) is 6.61 Å². The fourth-order valence-electron chi connectivity index (χ4n) is 1.96. The van der Waals surface area contributed by atoms with Crippen molar-refractivity contribution in [3.63, 3.8) is 0 Å². The van der Waals surface area contributed by atoms with Crippen molar-refractivity contribution < 1.29 is 14.3 Å². The lowest BCUT2D eigenvalue weighted by molar-refractivity contribution is -0.147. The molecule has 0 aromatic carbocycles. The molecule has 0 spiro atoms. The maximum absolute atomic E-state index is 11.1. The van der Waals surface area contributed by atoms with Gasteiger partial charge in [-0.1, -0.05) is 19.8 Å². The first-order valence-corrected chi connectivity index (χ1v) is 5.73. The van der Waals surface area contributed by atoms with Gasteiger partial charge in [0.25, 0.3) is 0 Å². The predicted octanol–water partition coefficient (Wildman–Crippen LogP) is 2.33. The largest absolute Gasteiger partial charge is 0.465 e. The number of Topliss-reactive ketones (excluding diaryl/α,β-unsaturated/α-hetero) is 1. The molecule has 0 aromatic heterocycles. The second-order valence-electron chi connectivity index (χ2n) is 4.69. The zero-order valence-corrected chi connectivity index (χ0v) is 9.62. The molecule has 0 bridgehead atoms. The number of esters is 1. The van der Waals surface area contributed by atoms with Gasteiger partial charge in [0.15, 0.2) is 0 Å². The lowest BCUT2D eigenvalue weighted by Crippen LogP contribution is -2.20. The van der Waals surface area contributed by atoms with Gasteiger partial charge in [-0.2, -0.15) is 0 Å². The van der Waals surface area contributed by atoms with Crippen molar-refractivity contribution in [3.05, 3.63) is 0 Å². The van der Waals surface area contributed by atoms with Crippen molar-refractivity contribution in [2.45, 2.75) is 46.0 Å². The molecule has 1 fully saturated rings. The third-order valence-corrected chi connectivity index (χ3v) is 3.01. The van der Waals surface area contributed by atoms with E-state index in [1.807, 2.05) is 0 Å². The summed E-state index contributed by atoms with van der Waals surface area (Å²) in [5, 5.41) is 0. The van der Waals surface area contributed by atoms with Crippen LogP contribution in [0.3, 0.4) is 0 Å². The second-order valence-corrected chi connectivity index (χ2v) is 4.69. The molecule has 1 rings (SSSR count). The molecule has 0 heterocycles. The van der Waals surface area contributed by atoms with E-state index in [0.29, 0.717) is 12.5 Å². The monoisotopic (exact) mass is 212 g/mol. The van der Waals surface area contributed by atoms with Crippen LogP contribution in [-0.2, 0) is 14.3 Å². The van der Waals surface area contributed by atoms with Gasteiger partial charge in [0.1, 0.15) is 12.2 Å². The number of hydrogen-bond acceptors (Lipinski definition) is 3. The van der Waals surface area contributed by atoms with E-state index in [1.54, 1.807) is 0 Å². The quantitative estimate of drug-likeness (QED) is 0.530. The molecule has 0 aromatic rings. The van der Waals surface area contributed by atoms with Crippen LogP contribution in [0, 0.1) is 11.8 Å². The maximum Gasteiger partial charge on any atom is 0.313 e. The molecule has 86 valence electrons. The van der Waals surface area contributed by atoms with E-state index in [4.69, 9.17) is 4.74 Å². The molecular formula is C12H20O3. The van der Waals surface area contributed by atoms with Gasteiger partial charge in [0.2, 0.25) is 0 Å². The number of ketones is 1. The van der Waals surface area contributed by atoms with Crippen LogP contribution in [0.1, 0.15) is 46.0 Å². The topological polar surface area (TPSA) is 43.4 Å². The molecule has 3 heteroatoms. The first kappa shape index (κ1) is 12.2. The minimum Gasteiger partial charge on any atom is -0.465 e. The number of hydrogen-bond donors (Lipinski definition) is 0. The minimum atomic E-state index is -0.374. The number of rotatable bonds is 4. The fourth-order valence-corrected chi connectivity index (χ4v) is 1.96. The summed E-state index contributed by atoms with van der Waals surface area (Å²) in [6.07, 6.45) is 4.68. The highest BCUT2D eigenvalue weighted by Crippen LogP contribution is 2.28. The Morgan fingerprint density at radius 3 is 2.33 bits per heavy atom. The summed E-state index contributed by atoms with van der Waals surface area (Å²) in [4.78, 5) is 21.8. The molecule has 3 nitrogen and oxygen atoms in total. The Hall–Kier alpha value is -0.860. The van der Waals surface area contributed by atoms with E-state index in [1.165, 1.54) is 19.8 Å². The van der Waals surface area contributed by atoms with Crippen LogP contribution in [-0.4, -0.2) is 18.4 Å². The zero-order valence-electron chi connectivity index (χ0n) is 9.62. The summed E-state index contributed by atoms with van der Waals surface area (Å²) in [6.45, 7) is 4.17. The summed E-state index contributed by atoms with van der Waals surface area (Å²) in [7, 11) is 0. The van der Waals surface area contributed by atoms with Crippen LogP contribution < -0.4 is 0 Å². The normalized spacial score (nSPS) is 26.0. The Bertz CT molecular complexity index is 227. The summed E-state index contributed by atoms with van der Waals surface area (Å²) < 4.78 is 5.07. The van der Waals surface area contributed by atoms with Gasteiger partial charge in [0, 0.05) is 0 Å². The van der Waals surface area contributed by atoms with E-state index < -0.39 is 0 Å². The van der Waals surface area contributed by atoms with E-state index in [9.17, 15) is 9.59 Å². The van der Waals surface area contributed by atoms with Crippen LogP contribution in [0.4, 0.5) is 0 Å². The van der Waals surface area contributed by atoms with Crippen LogP contribution in [0.5, 0.6) is 0 Å². The second kappa shape index (κ2) is 5.89. The Balaban J connectivity index is 2.14. The highest BCUT2D eigenvalue weighted by Gasteiger charge is 2.19. The average Bonchev–Trinajstić information content (AvgIpc) is 2.16. The van der Waals surface area contributed by atoms with Crippen molar-refractivity contribution in [1.29, 1.82) is 0 Å². The van der Waals surface area contributed by atoms with Gasteiger partial charge in [-0.3, -0.25) is 9.59 Å². The fraction of sp³-hybridized carbons (Fsp3) is 0.833. The predicted molar refractivity (Wildman–Crippen MR) is 57.4 cm³/mol. The molecule has 0 saturated heterocycles. The molecule has 0 aliphatic heterocycles. The molecule has 0 unspecified atom stereocenters. The van der Waals surface area contributed by atoms with Crippen LogP contribution in [0.2, 0.25) is 0 Å². The standard InChI is InChI=1S/C12H20O3/c1-9-3-5-11(6-4-9)8-15-12(14)7-10(2)13/h9,11H,3-8H2,1-2H3. The molecular weight excluding hydrogens is 192 g/mol. The summed E-state index contributed by atoms with van der Waals surface area (Å²) in [6, 6.07) is 0. The van der Waals surface area contributed by atoms with Gasteiger partial charge in [-0.25, -0.2) is 0 Å². The Kier molecular flexibility index (Phi) is 4.79. The van der Waals surface area contributed by atoms with Gasteiger partial charge in [-0.15, -0.1) is 0 Å². The number of carbonyl (C=O) groups is 2. The minimum absolute atomic E-state index is 0.0802. The van der Waals surface area contributed by atoms with Gasteiger partial charge < -0.3 is 4.74 Å². The molecule has 1 aliphatic carbocycles. The van der Waals surface area contributed by atoms with Gasteiger partial charge in [-0.05, 0) is 31.6 Å². The van der Waals surface area contributed by atoms with E-state index in [2.05, 4.69) is 6.92 Å². The van der Waals surface area contributed by atoms with E-state index in [-0.39, 0.29) is 18.2 Å². The highest BCUT2D eigenvalue weighted by atomic mass is 16.5. The van der Waals surface area contributed by atoms with Crippen LogP contribution in [0.15, 0.2) is 0 Å². The van der Waals surface area contributed by atoms with Crippen molar-refractivity contribution in [2.75, 3.05) is 6.61 Å². The first-order chi connectivity index (χ1) is 7.08. The van der Waals surface area contributed by atoms with Crippen molar-refractivity contribution >= 4 is 11.8 Å². The third kappa shape index (κ3) is 4.96.